The largest absolute Gasteiger partial charge is 0.341 e. The van der Waals surface area contributed by atoms with Crippen LogP contribution in [0.4, 0.5) is 0 Å². The molecule has 2 aromatic carbocycles. The molecule has 3 aromatic rings. The van der Waals surface area contributed by atoms with Crippen LogP contribution in [0.15, 0.2) is 53.0 Å². The molecule has 0 aliphatic rings. The van der Waals surface area contributed by atoms with E-state index in [1.54, 1.807) is 0 Å². The molecule has 0 bridgehead atoms. The molecule has 1 atom stereocenters. The Morgan fingerprint density at radius 1 is 1.15 bits per heavy atom. The van der Waals surface area contributed by atoms with E-state index in [2.05, 4.69) is 56.3 Å². The lowest BCUT2D eigenvalue weighted by Crippen LogP contribution is -2.19. The Morgan fingerprint density at radius 3 is 2.70 bits per heavy atom. The van der Waals surface area contributed by atoms with E-state index in [0.717, 1.165) is 27.9 Å². The summed E-state index contributed by atoms with van der Waals surface area (Å²) in [6, 6.07) is 16.6. The van der Waals surface area contributed by atoms with Crippen molar-refractivity contribution in [1.82, 2.24) is 15.3 Å². The molecule has 0 spiro atoms. The molecule has 0 aliphatic heterocycles. The zero-order chi connectivity index (χ0) is 13.9. The van der Waals surface area contributed by atoms with Crippen LogP contribution in [0.5, 0.6) is 0 Å². The molecule has 1 aromatic heterocycles. The van der Waals surface area contributed by atoms with Gasteiger partial charge in [-0.05, 0) is 30.7 Å². The Labute approximate surface area is 126 Å². The fourth-order valence-electron chi connectivity index (χ4n) is 2.28. The van der Waals surface area contributed by atoms with Gasteiger partial charge < -0.3 is 10.3 Å². The zero-order valence-electron chi connectivity index (χ0n) is 11.2. The van der Waals surface area contributed by atoms with Crippen molar-refractivity contribution in [2.75, 3.05) is 0 Å². The van der Waals surface area contributed by atoms with Crippen LogP contribution in [-0.2, 0) is 6.54 Å². The molecule has 0 radical (unpaired) electrons. The minimum atomic E-state index is 0.263. The van der Waals surface area contributed by atoms with Gasteiger partial charge in [0.1, 0.15) is 5.82 Å². The Kier molecular flexibility index (Phi) is 3.85. The normalized spacial score (nSPS) is 12.7. The molecular formula is C16H16BrN3. The van der Waals surface area contributed by atoms with Crippen LogP contribution in [0.25, 0.3) is 11.0 Å². The number of aromatic nitrogens is 2. The van der Waals surface area contributed by atoms with Crippen LogP contribution < -0.4 is 5.32 Å². The highest BCUT2D eigenvalue weighted by molar-refractivity contribution is 9.10. The molecule has 20 heavy (non-hydrogen) atoms. The van der Waals surface area contributed by atoms with Crippen LogP contribution in [0.1, 0.15) is 24.4 Å². The topological polar surface area (TPSA) is 40.7 Å². The molecule has 0 amide bonds. The fraction of sp³-hybridized carbons (Fsp3) is 0.188. The Balaban J connectivity index is 1.71. The third-order valence-electron chi connectivity index (χ3n) is 3.39. The summed E-state index contributed by atoms with van der Waals surface area (Å²) in [4.78, 5) is 7.90. The second-order valence-electron chi connectivity index (χ2n) is 4.82. The molecular weight excluding hydrogens is 314 g/mol. The Hall–Kier alpha value is -1.65. The third kappa shape index (κ3) is 2.76. The number of imidazole rings is 1. The van der Waals surface area contributed by atoms with Crippen molar-refractivity contribution < 1.29 is 0 Å². The summed E-state index contributed by atoms with van der Waals surface area (Å²) < 4.78 is 1.13. The average molecular weight is 330 g/mol. The van der Waals surface area contributed by atoms with Gasteiger partial charge in [0.15, 0.2) is 0 Å². The summed E-state index contributed by atoms with van der Waals surface area (Å²) in [7, 11) is 0. The minimum absolute atomic E-state index is 0.263. The smallest absolute Gasteiger partial charge is 0.121 e. The van der Waals surface area contributed by atoms with E-state index in [1.807, 2.05) is 30.3 Å². The van der Waals surface area contributed by atoms with Crippen molar-refractivity contribution >= 4 is 27.0 Å². The van der Waals surface area contributed by atoms with E-state index < -0.39 is 0 Å². The number of para-hydroxylation sites is 2. The van der Waals surface area contributed by atoms with Gasteiger partial charge in [-0.1, -0.05) is 46.3 Å². The van der Waals surface area contributed by atoms with E-state index in [4.69, 9.17) is 0 Å². The van der Waals surface area contributed by atoms with Crippen LogP contribution >= 0.6 is 15.9 Å². The Bertz CT molecular complexity index is 687. The standard InChI is InChI=1S/C16H16BrN3/c1-11(12-6-2-3-7-13(12)17)18-10-16-19-14-8-4-5-9-15(14)20-16/h2-9,11,18H,10H2,1H3,(H,19,20). The van der Waals surface area contributed by atoms with Crippen LogP contribution in [0.3, 0.4) is 0 Å². The summed E-state index contributed by atoms with van der Waals surface area (Å²) in [5, 5.41) is 3.49. The zero-order valence-corrected chi connectivity index (χ0v) is 12.8. The van der Waals surface area contributed by atoms with Crippen molar-refractivity contribution in [3.8, 4) is 0 Å². The molecule has 3 rings (SSSR count). The maximum Gasteiger partial charge on any atom is 0.121 e. The maximum absolute atomic E-state index is 4.57. The SMILES string of the molecule is CC(NCc1nc2ccccc2[nH]1)c1ccccc1Br. The second-order valence-corrected chi connectivity index (χ2v) is 5.68. The van der Waals surface area contributed by atoms with Gasteiger partial charge in [0.25, 0.3) is 0 Å². The molecule has 1 heterocycles. The first kappa shape index (κ1) is 13.3. The first-order valence-electron chi connectivity index (χ1n) is 6.65. The monoisotopic (exact) mass is 329 g/mol. The first-order valence-corrected chi connectivity index (χ1v) is 7.45. The number of fused-ring (bicyclic) bond motifs is 1. The van der Waals surface area contributed by atoms with Crippen LogP contribution in [-0.4, -0.2) is 9.97 Å². The van der Waals surface area contributed by atoms with Gasteiger partial charge in [0.2, 0.25) is 0 Å². The van der Waals surface area contributed by atoms with Crippen molar-refractivity contribution in [2.24, 2.45) is 0 Å². The van der Waals surface area contributed by atoms with E-state index in [-0.39, 0.29) is 6.04 Å². The van der Waals surface area contributed by atoms with Gasteiger partial charge >= 0.3 is 0 Å². The number of aromatic amines is 1. The number of rotatable bonds is 4. The van der Waals surface area contributed by atoms with Gasteiger partial charge in [-0.25, -0.2) is 4.98 Å². The lowest BCUT2D eigenvalue weighted by Gasteiger charge is -2.14. The van der Waals surface area contributed by atoms with E-state index >= 15 is 0 Å². The first-order chi connectivity index (χ1) is 9.74. The van der Waals surface area contributed by atoms with E-state index in [1.165, 1.54) is 5.56 Å². The number of hydrogen-bond donors (Lipinski definition) is 2. The molecule has 0 saturated heterocycles. The molecule has 102 valence electrons. The summed E-state index contributed by atoms with van der Waals surface area (Å²) in [5.74, 6) is 0.963. The fourth-order valence-corrected chi connectivity index (χ4v) is 2.90. The third-order valence-corrected chi connectivity index (χ3v) is 4.11. The van der Waals surface area contributed by atoms with Gasteiger partial charge in [-0.15, -0.1) is 0 Å². The van der Waals surface area contributed by atoms with Crippen molar-refractivity contribution in [3.05, 3.63) is 64.4 Å². The molecule has 4 heteroatoms. The quantitative estimate of drug-likeness (QED) is 0.753. The molecule has 0 aliphatic carbocycles. The number of hydrogen-bond acceptors (Lipinski definition) is 2. The minimum Gasteiger partial charge on any atom is -0.341 e. The van der Waals surface area contributed by atoms with Gasteiger partial charge in [0, 0.05) is 10.5 Å². The molecule has 3 nitrogen and oxygen atoms in total. The maximum atomic E-state index is 4.57. The predicted octanol–water partition coefficient (Wildman–Crippen LogP) is 4.18. The molecule has 0 fully saturated rings. The number of H-pyrrole nitrogens is 1. The highest BCUT2D eigenvalue weighted by Gasteiger charge is 2.09. The van der Waals surface area contributed by atoms with Crippen molar-refractivity contribution in [3.63, 3.8) is 0 Å². The number of benzene rings is 2. The van der Waals surface area contributed by atoms with Crippen molar-refractivity contribution in [1.29, 1.82) is 0 Å². The summed E-state index contributed by atoms with van der Waals surface area (Å²) >= 11 is 3.59. The summed E-state index contributed by atoms with van der Waals surface area (Å²) in [6.45, 7) is 2.87. The van der Waals surface area contributed by atoms with Gasteiger partial charge in [-0.3, -0.25) is 0 Å². The van der Waals surface area contributed by atoms with Crippen molar-refractivity contribution in [2.45, 2.75) is 19.5 Å². The lowest BCUT2D eigenvalue weighted by molar-refractivity contribution is 0.561. The predicted molar refractivity (Wildman–Crippen MR) is 85.5 cm³/mol. The highest BCUT2D eigenvalue weighted by atomic mass is 79.9. The molecule has 1 unspecified atom stereocenters. The number of halogens is 1. The van der Waals surface area contributed by atoms with Gasteiger partial charge in [0.05, 0.1) is 17.6 Å². The molecule has 2 N–H and O–H groups in total. The average Bonchev–Trinajstić information content (AvgIpc) is 2.88. The highest BCUT2D eigenvalue weighted by Crippen LogP contribution is 2.23. The summed E-state index contributed by atoms with van der Waals surface area (Å²) in [6.07, 6.45) is 0. The van der Waals surface area contributed by atoms with Crippen LogP contribution in [0.2, 0.25) is 0 Å². The summed E-state index contributed by atoms with van der Waals surface area (Å²) in [5.41, 5.74) is 3.35. The molecule has 0 saturated carbocycles. The van der Waals surface area contributed by atoms with E-state index in [0.29, 0.717) is 0 Å². The second kappa shape index (κ2) is 5.77. The van der Waals surface area contributed by atoms with Gasteiger partial charge in [-0.2, -0.15) is 0 Å². The number of nitrogens with zero attached hydrogens (tertiary/aromatic N) is 1. The lowest BCUT2D eigenvalue weighted by atomic mass is 10.1. The Morgan fingerprint density at radius 2 is 1.90 bits per heavy atom. The number of nitrogens with one attached hydrogen (secondary N) is 2. The van der Waals surface area contributed by atoms with E-state index in [9.17, 15) is 0 Å². The van der Waals surface area contributed by atoms with Crippen LogP contribution in [0, 0.1) is 0 Å².